The van der Waals surface area contributed by atoms with Gasteiger partial charge in [-0.2, -0.15) is 0 Å². The fourth-order valence-corrected chi connectivity index (χ4v) is 5.00. The van der Waals surface area contributed by atoms with Crippen LogP contribution in [-0.4, -0.2) is 29.1 Å². The maximum absolute atomic E-state index is 13.0. The van der Waals surface area contributed by atoms with Gasteiger partial charge < -0.3 is 9.47 Å². The fourth-order valence-electron chi connectivity index (χ4n) is 3.95. The van der Waals surface area contributed by atoms with Gasteiger partial charge in [0.05, 0.1) is 29.1 Å². The molecule has 0 atom stereocenters. The van der Waals surface area contributed by atoms with Crippen LogP contribution in [0.5, 0.6) is 11.5 Å². The first-order valence-electron chi connectivity index (χ1n) is 11.3. The predicted molar refractivity (Wildman–Crippen MR) is 145 cm³/mol. The van der Waals surface area contributed by atoms with Gasteiger partial charge in [-0.3, -0.25) is 14.5 Å². The van der Waals surface area contributed by atoms with E-state index < -0.39 is 5.97 Å². The van der Waals surface area contributed by atoms with Crippen molar-refractivity contribution in [3.05, 3.63) is 112 Å². The number of esters is 1. The molecule has 37 heavy (non-hydrogen) atoms. The van der Waals surface area contributed by atoms with Crippen molar-refractivity contribution in [3.63, 3.8) is 0 Å². The van der Waals surface area contributed by atoms with Crippen molar-refractivity contribution in [3.8, 4) is 11.5 Å². The van der Waals surface area contributed by atoms with Crippen molar-refractivity contribution in [2.45, 2.75) is 6.54 Å². The Labute approximate surface area is 222 Å². The number of ether oxygens (including phenoxy) is 2. The van der Waals surface area contributed by atoms with Crippen molar-refractivity contribution in [1.29, 1.82) is 0 Å². The monoisotopic (exact) mass is 529 g/mol. The summed E-state index contributed by atoms with van der Waals surface area (Å²) in [6, 6.07) is 25.3. The van der Waals surface area contributed by atoms with E-state index in [4.69, 9.17) is 21.1 Å². The van der Waals surface area contributed by atoms with E-state index in [1.807, 2.05) is 42.5 Å². The number of nitrogens with zero attached hydrogens (tertiary/aromatic N) is 1. The minimum Gasteiger partial charge on any atom is -0.493 e. The average molecular weight is 530 g/mol. The SMILES string of the molecule is COc1cc(/C=C2\SC(=O)N(Cc3ccc4ccccc4c3)C2=O)ccc1OC(=O)c1ccccc1Cl. The third-order valence-electron chi connectivity index (χ3n) is 5.81. The molecule has 0 saturated carbocycles. The molecule has 2 amide bonds. The number of halogens is 1. The average Bonchev–Trinajstić information content (AvgIpc) is 3.16. The highest BCUT2D eigenvalue weighted by Gasteiger charge is 2.35. The molecular weight excluding hydrogens is 510 g/mol. The van der Waals surface area contributed by atoms with E-state index in [0.717, 1.165) is 28.1 Å². The van der Waals surface area contributed by atoms with Crippen LogP contribution in [0.3, 0.4) is 0 Å². The molecule has 0 bridgehead atoms. The van der Waals surface area contributed by atoms with Gasteiger partial charge in [0.2, 0.25) is 0 Å². The number of rotatable bonds is 6. The number of carbonyl (C=O) groups excluding carboxylic acids is 3. The quantitative estimate of drug-likeness (QED) is 0.153. The Morgan fingerprint density at radius 2 is 1.68 bits per heavy atom. The van der Waals surface area contributed by atoms with Gasteiger partial charge in [-0.15, -0.1) is 0 Å². The first-order chi connectivity index (χ1) is 17.9. The highest BCUT2D eigenvalue weighted by atomic mass is 35.5. The summed E-state index contributed by atoms with van der Waals surface area (Å²) >= 11 is 6.97. The molecule has 1 fully saturated rings. The number of thioether (sulfide) groups is 1. The number of benzene rings is 4. The van der Waals surface area contributed by atoms with E-state index in [9.17, 15) is 14.4 Å². The van der Waals surface area contributed by atoms with Crippen molar-refractivity contribution in [2.24, 2.45) is 0 Å². The molecular formula is C29H20ClNO5S. The molecule has 1 aliphatic heterocycles. The number of amides is 2. The molecule has 0 radical (unpaired) electrons. The zero-order chi connectivity index (χ0) is 25.9. The summed E-state index contributed by atoms with van der Waals surface area (Å²) in [7, 11) is 1.45. The Balaban J connectivity index is 1.34. The lowest BCUT2D eigenvalue weighted by Crippen LogP contribution is -2.27. The Bertz CT molecular complexity index is 1580. The molecule has 1 heterocycles. The van der Waals surface area contributed by atoms with Gasteiger partial charge >= 0.3 is 5.97 Å². The minimum atomic E-state index is -0.619. The molecule has 4 aromatic carbocycles. The highest BCUT2D eigenvalue weighted by Crippen LogP contribution is 2.36. The summed E-state index contributed by atoms with van der Waals surface area (Å²) in [4.78, 5) is 39.8. The van der Waals surface area contributed by atoms with Gasteiger partial charge in [-0.1, -0.05) is 66.2 Å². The number of imide groups is 1. The van der Waals surface area contributed by atoms with Crippen LogP contribution in [0.15, 0.2) is 89.8 Å². The summed E-state index contributed by atoms with van der Waals surface area (Å²) in [5.41, 5.74) is 1.72. The molecule has 4 aromatic rings. The van der Waals surface area contributed by atoms with Crippen LogP contribution in [0.25, 0.3) is 16.8 Å². The van der Waals surface area contributed by atoms with Crippen molar-refractivity contribution < 1.29 is 23.9 Å². The topological polar surface area (TPSA) is 72.9 Å². The Morgan fingerprint density at radius 1 is 0.919 bits per heavy atom. The van der Waals surface area contributed by atoms with Gasteiger partial charge in [0.1, 0.15) is 0 Å². The number of carbonyl (C=O) groups is 3. The van der Waals surface area contributed by atoms with Crippen LogP contribution in [0.1, 0.15) is 21.5 Å². The second-order valence-electron chi connectivity index (χ2n) is 8.23. The Kier molecular flexibility index (Phi) is 6.99. The van der Waals surface area contributed by atoms with Gasteiger partial charge in [-0.05, 0) is 70.1 Å². The van der Waals surface area contributed by atoms with Crippen LogP contribution in [0.4, 0.5) is 4.79 Å². The second-order valence-corrected chi connectivity index (χ2v) is 9.63. The Hall–Kier alpha value is -4.07. The molecule has 1 aliphatic rings. The van der Waals surface area contributed by atoms with E-state index >= 15 is 0 Å². The normalized spacial score (nSPS) is 14.4. The third kappa shape index (κ3) is 5.23. The fraction of sp³-hybridized carbons (Fsp3) is 0.0690. The molecule has 5 rings (SSSR count). The summed E-state index contributed by atoms with van der Waals surface area (Å²) in [6.07, 6.45) is 1.62. The zero-order valence-electron chi connectivity index (χ0n) is 19.6. The van der Waals surface area contributed by atoms with Crippen LogP contribution >= 0.6 is 23.4 Å². The number of methoxy groups -OCH3 is 1. The van der Waals surface area contributed by atoms with Gasteiger partial charge in [0.25, 0.3) is 11.1 Å². The second kappa shape index (κ2) is 10.5. The van der Waals surface area contributed by atoms with E-state index in [1.54, 1.807) is 48.5 Å². The van der Waals surface area contributed by atoms with Crippen molar-refractivity contribution >= 4 is 57.3 Å². The molecule has 0 aliphatic carbocycles. The molecule has 6 nitrogen and oxygen atoms in total. The molecule has 0 spiro atoms. The third-order valence-corrected chi connectivity index (χ3v) is 7.05. The Morgan fingerprint density at radius 3 is 2.46 bits per heavy atom. The summed E-state index contributed by atoms with van der Waals surface area (Å²) in [6.45, 7) is 0.188. The maximum Gasteiger partial charge on any atom is 0.345 e. The lowest BCUT2D eigenvalue weighted by atomic mass is 10.1. The largest absolute Gasteiger partial charge is 0.493 e. The molecule has 0 unspecified atom stereocenters. The maximum atomic E-state index is 13.0. The summed E-state index contributed by atoms with van der Waals surface area (Å²) in [5, 5.41) is 2.09. The van der Waals surface area contributed by atoms with Gasteiger partial charge in [0.15, 0.2) is 11.5 Å². The van der Waals surface area contributed by atoms with E-state index in [0.29, 0.717) is 16.2 Å². The number of hydrogen-bond acceptors (Lipinski definition) is 6. The van der Waals surface area contributed by atoms with Gasteiger partial charge in [0, 0.05) is 0 Å². The van der Waals surface area contributed by atoms with Crippen LogP contribution < -0.4 is 9.47 Å². The first-order valence-corrected chi connectivity index (χ1v) is 12.5. The predicted octanol–water partition coefficient (Wildman–Crippen LogP) is 6.96. The van der Waals surface area contributed by atoms with Crippen molar-refractivity contribution in [2.75, 3.05) is 7.11 Å². The van der Waals surface area contributed by atoms with Crippen molar-refractivity contribution in [1.82, 2.24) is 4.90 Å². The molecule has 1 saturated heterocycles. The standard InChI is InChI=1S/C29H20ClNO5S/c1-35-25-15-18(11-13-24(25)36-28(33)22-8-4-5-9-23(22)30)16-26-27(32)31(29(34)37-26)17-19-10-12-20-6-2-3-7-21(20)14-19/h2-16H,17H2,1H3/b26-16-. The first kappa shape index (κ1) is 24.6. The molecule has 8 heteroatoms. The van der Waals surface area contributed by atoms with Crippen LogP contribution in [0, 0.1) is 0 Å². The van der Waals surface area contributed by atoms with E-state index in [-0.39, 0.29) is 34.0 Å². The molecule has 0 aromatic heterocycles. The lowest BCUT2D eigenvalue weighted by molar-refractivity contribution is -0.123. The smallest absolute Gasteiger partial charge is 0.345 e. The summed E-state index contributed by atoms with van der Waals surface area (Å²) in [5.74, 6) is -0.485. The zero-order valence-corrected chi connectivity index (χ0v) is 21.2. The number of fused-ring (bicyclic) bond motifs is 1. The molecule has 184 valence electrons. The summed E-state index contributed by atoms with van der Waals surface area (Å²) < 4.78 is 10.9. The van der Waals surface area contributed by atoms with Crippen LogP contribution in [-0.2, 0) is 11.3 Å². The number of hydrogen-bond donors (Lipinski definition) is 0. The highest BCUT2D eigenvalue weighted by molar-refractivity contribution is 8.18. The van der Waals surface area contributed by atoms with E-state index in [2.05, 4.69) is 0 Å². The van der Waals surface area contributed by atoms with Crippen LogP contribution in [0.2, 0.25) is 5.02 Å². The van der Waals surface area contributed by atoms with E-state index in [1.165, 1.54) is 12.0 Å². The lowest BCUT2D eigenvalue weighted by Gasteiger charge is -2.13. The minimum absolute atomic E-state index is 0.188. The molecule has 0 N–H and O–H groups in total. The van der Waals surface area contributed by atoms with Gasteiger partial charge in [-0.25, -0.2) is 4.79 Å².